The maximum Gasteiger partial charge on any atom is 0.133 e. The molecule has 0 aromatic rings. The molecule has 0 aromatic carbocycles. The van der Waals surface area contributed by atoms with Gasteiger partial charge in [0.15, 0.2) is 0 Å². The van der Waals surface area contributed by atoms with E-state index in [1.54, 1.807) is 6.92 Å². The molecule has 0 saturated heterocycles. The van der Waals surface area contributed by atoms with Gasteiger partial charge in [-0.25, -0.2) is 0 Å². The summed E-state index contributed by atoms with van der Waals surface area (Å²) in [5.41, 5.74) is 1.63. The smallest absolute Gasteiger partial charge is 0.133 e. The van der Waals surface area contributed by atoms with Gasteiger partial charge >= 0.3 is 0 Å². The molecule has 0 spiro atoms. The molecule has 0 radical (unpaired) electrons. The zero-order valence-corrected chi connectivity index (χ0v) is 13.0. The predicted octanol–water partition coefficient (Wildman–Crippen LogP) is 4.87. The van der Waals surface area contributed by atoms with Gasteiger partial charge in [-0.15, -0.1) is 0 Å². The Morgan fingerprint density at radius 2 is 1.78 bits per heavy atom. The fraction of sp³-hybridized carbons (Fsp3) is 0.824. The Bertz CT molecular complexity index is 321. The first-order valence-corrected chi connectivity index (χ1v) is 7.31. The van der Waals surface area contributed by atoms with Crippen LogP contribution in [-0.2, 0) is 4.79 Å². The van der Waals surface area contributed by atoms with Crippen molar-refractivity contribution in [3.63, 3.8) is 0 Å². The van der Waals surface area contributed by atoms with Crippen LogP contribution in [0.3, 0.4) is 0 Å². The number of rotatable bonds is 4. The number of hydrogen-bond acceptors (Lipinski definition) is 1. The quantitative estimate of drug-likeness (QED) is 0.651. The van der Waals surface area contributed by atoms with E-state index >= 15 is 0 Å². The van der Waals surface area contributed by atoms with Gasteiger partial charge in [-0.3, -0.25) is 4.79 Å². The molecule has 0 aliphatic heterocycles. The standard InChI is InChI=1S/C17H30O/c1-11-8-15(16(9-11)14(4)18)12(2)10-13(3)17(5,6)7/h11,13,15-16H,2,8-10H2,1,3-7H3/t11-,13?,15?,16?/m0/s1. The summed E-state index contributed by atoms with van der Waals surface area (Å²) in [6.45, 7) is 17.5. The van der Waals surface area contributed by atoms with Crippen LogP contribution in [0.15, 0.2) is 12.2 Å². The van der Waals surface area contributed by atoms with Gasteiger partial charge in [0, 0.05) is 5.92 Å². The lowest BCUT2D eigenvalue weighted by molar-refractivity contribution is -0.121. The molecule has 1 fully saturated rings. The first-order valence-electron chi connectivity index (χ1n) is 7.31. The predicted molar refractivity (Wildman–Crippen MR) is 78.4 cm³/mol. The van der Waals surface area contributed by atoms with Gasteiger partial charge in [-0.2, -0.15) is 0 Å². The van der Waals surface area contributed by atoms with E-state index in [4.69, 9.17) is 0 Å². The van der Waals surface area contributed by atoms with Crippen molar-refractivity contribution in [2.24, 2.45) is 29.1 Å². The summed E-state index contributed by atoms with van der Waals surface area (Å²) in [7, 11) is 0. The van der Waals surface area contributed by atoms with E-state index in [9.17, 15) is 4.79 Å². The lowest BCUT2D eigenvalue weighted by Gasteiger charge is -2.30. The van der Waals surface area contributed by atoms with Crippen LogP contribution in [0.1, 0.15) is 60.8 Å². The minimum Gasteiger partial charge on any atom is -0.300 e. The molecule has 0 aromatic heterocycles. The highest BCUT2D eigenvalue weighted by Gasteiger charge is 2.37. The van der Waals surface area contributed by atoms with Crippen LogP contribution in [0.5, 0.6) is 0 Å². The molecule has 1 nitrogen and oxygen atoms in total. The summed E-state index contributed by atoms with van der Waals surface area (Å²) in [5.74, 6) is 2.31. The monoisotopic (exact) mass is 250 g/mol. The summed E-state index contributed by atoms with van der Waals surface area (Å²) < 4.78 is 0. The van der Waals surface area contributed by atoms with Crippen molar-refractivity contribution >= 4 is 5.78 Å². The Hall–Kier alpha value is -0.590. The third-order valence-corrected chi connectivity index (χ3v) is 4.89. The Kier molecular flexibility index (Phi) is 4.80. The van der Waals surface area contributed by atoms with Crippen molar-refractivity contribution in [2.75, 3.05) is 0 Å². The lowest BCUT2D eigenvalue weighted by Crippen LogP contribution is -2.22. The molecule has 1 rings (SSSR count). The number of Topliss-reactive ketones (excluding diaryl/α,β-unsaturated/α-hetero) is 1. The first-order chi connectivity index (χ1) is 8.12. The minimum atomic E-state index is 0.236. The Morgan fingerprint density at radius 1 is 1.28 bits per heavy atom. The molecular formula is C17H30O. The summed E-state index contributed by atoms with van der Waals surface area (Å²) >= 11 is 0. The maximum absolute atomic E-state index is 11.7. The van der Waals surface area contributed by atoms with Gasteiger partial charge in [0.2, 0.25) is 0 Å². The Balaban J connectivity index is 2.69. The average molecular weight is 250 g/mol. The number of hydrogen-bond donors (Lipinski definition) is 0. The average Bonchev–Trinajstić information content (AvgIpc) is 2.58. The molecule has 4 atom stereocenters. The van der Waals surface area contributed by atoms with Crippen molar-refractivity contribution in [2.45, 2.75) is 60.8 Å². The second kappa shape index (κ2) is 5.59. The molecule has 1 heteroatoms. The third kappa shape index (κ3) is 3.70. The molecule has 1 aliphatic rings. The summed E-state index contributed by atoms with van der Waals surface area (Å²) in [6, 6.07) is 0. The normalized spacial score (nSPS) is 30.2. The molecule has 3 unspecified atom stereocenters. The second-order valence-corrected chi connectivity index (χ2v) is 7.53. The Labute approximate surface area is 113 Å². The molecule has 1 saturated carbocycles. The highest BCUT2D eigenvalue weighted by molar-refractivity contribution is 5.79. The molecule has 18 heavy (non-hydrogen) atoms. The van der Waals surface area contributed by atoms with Crippen LogP contribution >= 0.6 is 0 Å². The van der Waals surface area contributed by atoms with Crippen LogP contribution in [0, 0.1) is 29.1 Å². The van der Waals surface area contributed by atoms with Gasteiger partial charge in [-0.1, -0.05) is 46.8 Å². The zero-order chi connectivity index (χ0) is 14.1. The van der Waals surface area contributed by atoms with E-state index in [1.807, 2.05) is 0 Å². The fourth-order valence-corrected chi connectivity index (χ4v) is 3.04. The van der Waals surface area contributed by atoms with Crippen molar-refractivity contribution < 1.29 is 4.79 Å². The maximum atomic E-state index is 11.7. The van der Waals surface area contributed by atoms with Gasteiger partial charge in [0.05, 0.1) is 0 Å². The second-order valence-electron chi connectivity index (χ2n) is 7.53. The van der Waals surface area contributed by atoms with E-state index in [2.05, 4.69) is 41.2 Å². The Morgan fingerprint density at radius 3 is 2.22 bits per heavy atom. The number of allylic oxidation sites excluding steroid dienone is 1. The van der Waals surface area contributed by atoms with Gasteiger partial charge in [-0.05, 0) is 49.4 Å². The lowest BCUT2D eigenvalue weighted by atomic mass is 9.75. The van der Waals surface area contributed by atoms with E-state index in [0.29, 0.717) is 29.0 Å². The summed E-state index contributed by atoms with van der Waals surface area (Å²) in [4.78, 5) is 11.7. The van der Waals surface area contributed by atoms with Crippen molar-refractivity contribution in [3.05, 3.63) is 12.2 Å². The van der Waals surface area contributed by atoms with Crippen LogP contribution < -0.4 is 0 Å². The first kappa shape index (κ1) is 15.5. The van der Waals surface area contributed by atoms with Gasteiger partial charge < -0.3 is 0 Å². The van der Waals surface area contributed by atoms with Gasteiger partial charge in [0.25, 0.3) is 0 Å². The van der Waals surface area contributed by atoms with Crippen LogP contribution in [-0.4, -0.2) is 5.78 Å². The largest absolute Gasteiger partial charge is 0.300 e. The highest BCUT2D eigenvalue weighted by Crippen LogP contribution is 2.43. The number of ketones is 1. The molecule has 0 amide bonds. The molecule has 104 valence electrons. The van der Waals surface area contributed by atoms with Crippen molar-refractivity contribution in [1.29, 1.82) is 0 Å². The van der Waals surface area contributed by atoms with Crippen molar-refractivity contribution in [1.82, 2.24) is 0 Å². The summed E-state index contributed by atoms with van der Waals surface area (Å²) in [5, 5.41) is 0. The van der Waals surface area contributed by atoms with Gasteiger partial charge in [0.1, 0.15) is 5.78 Å². The van der Waals surface area contributed by atoms with Crippen molar-refractivity contribution in [3.8, 4) is 0 Å². The number of carbonyl (C=O) groups excluding carboxylic acids is 1. The highest BCUT2D eigenvalue weighted by atomic mass is 16.1. The third-order valence-electron chi connectivity index (χ3n) is 4.89. The van der Waals surface area contributed by atoms with E-state index in [1.165, 1.54) is 5.57 Å². The minimum absolute atomic E-state index is 0.236. The molecule has 1 aliphatic carbocycles. The SMILES string of the molecule is C=C(CC(C)C(C)(C)C)C1C[C@H](C)CC1C(C)=O. The van der Waals surface area contributed by atoms with Crippen LogP contribution in [0.4, 0.5) is 0 Å². The van der Waals surface area contributed by atoms with Crippen LogP contribution in [0.2, 0.25) is 0 Å². The van der Waals surface area contributed by atoms with E-state index in [0.717, 1.165) is 19.3 Å². The number of carbonyl (C=O) groups is 1. The molecule has 0 heterocycles. The molecule has 0 bridgehead atoms. The summed E-state index contributed by atoms with van der Waals surface area (Å²) in [6.07, 6.45) is 3.27. The van der Waals surface area contributed by atoms with Crippen LogP contribution in [0.25, 0.3) is 0 Å². The van der Waals surface area contributed by atoms with E-state index in [-0.39, 0.29) is 5.92 Å². The zero-order valence-electron chi connectivity index (χ0n) is 13.0. The molecular weight excluding hydrogens is 220 g/mol. The molecule has 0 N–H and O–H groups in total. The van der Waals surface area contributed by atoms with E-state index < -0.39 is 0 Å². The fourth-order valence-electron chi connectivity index (χ4n) is 3.04. The topological polar surface area (TPSA) is 17.1 Å².